The van der Waals surface area contributed by atoms with E-state index in [9.17, 15) is 9.59 Å². The van der Waals surface area contributed by atoms with E-state index in [-0.39, 0.29) is 0 Å². The maximum atomic E-state index is 12.3. The molecule has 0 saturated carbocycles. The van der Waals surface area contributed by atoms with Crippen molar-refractivity contribution in [2.24, 2.45) is 0 Å². The average Bonchev–Trinajstić information content (AvgIpc) is 2.97. The molecule has 108 valence electrons. The molecule has 1 saturated heterocycles. The Balaban J connectivity index is 1.85. The summed E-state index contributed by atoms with van der Waals surface area (Å²) in [5.74, 6) is -0.180. The van der Waals surface area contributed by atoms with Crippen LogP contribution in [0.3, 0.4) is 0 Å². The summed E-state index contributed by atoms with van der Waals surface area (Å²) in [5, 5.41) is 12.7. The first-order chi connectivity index (χ1) is 10.2. The van der Waals surface area contributed by atoms with Crippen LogP contribution in [0, 0.1) is 0 Å². The van der Waals surface area contributed by atoms with E-state index in [0.717, 1.165) is 10.9 Å². The number of benzene rings is 1. The van der Waals surface area contributed by atoms with Crippen LogP contribution >= 0.6 is 11.8 Å². The molecule has 7 heteroatoms. The van der Waals surface area contributed by atoms with Crippen molar-refractivity contribution >= 4 is 40.4 Å². The molecule has 1 aromatic heterocycles. The van der Waals surface area contributed by atoms with Crippen molar-refractivity contribution in [3.05, 3.63) is 36.5 Å². The minimum absolute atomic E-state index is 0.381. The lowest BCUT2D eigenvalue weighted by molar-refractivity contribution is -0.140. The first-order valence-corrected chi connectivity index (χ1v) is 7.54. The number of aliphatic carboxylic acids is 1. The fourth-order valence-electron chi connectivity index (χ4n) is 2.25. The molecule has 2 N–H and O–H groups in total. The van der Waals surface area contributed by atoms with Crippen molar-refractivity contribution < 1.29 is 14.7 Å². The third kappa shape index (κ3) is 2.64. The van der Waals surface area contributed by atoms with E-state index in [1.807, 2.05) is 12.1 Å². The molecule has 0 bridgehead atoms. The second kappa shape index (κ2) is 5.61. The van der Waals surface area contributed by atoms with Crippen LogP contribution in [-0.2, 0) is 4.79 Å². The monoisotopic (exact) mass is 303 g/mol. The molecule has 2 amide bonds. The van der Waals surface area contributed by atoms with Crippen molar-refractivity contribution in [3.8, 4) is 0 Å². The van der Waals surface area contributed by atoms with Gasteiger partial charge < -0.3 is 15.3 Å². The number of carbonyl (C=O) groups is 2. The van der Waals surface area contributed by atoms with Gasteiger partial charge in [0.25, 0.3) is 0 Å². The van der Waals surface area contributed by atoms with Crippen LogP contribution in [0.2, 0.25) is 0 Å². The van der Waals surface area contributed by atoms with Gasteiger partial charge in [-0.2, -0.15) is 0 Å². The third-order valence-electron chi connectivity index (χ3n) is 3.32. The number of nitrogens with zero attached hydrogens (tertiary/aromatic N) is 2. The number of hydrogen-bond donors (Lipinski definition) is 2. The van der Waals surface area contributed by atoms with Gasteiger partial charge in [0.2, 0.25) is 0 Å². The van der Waals surface area contributed by atoms with Gasteiger partial charge in [-0.1, -0.05) is 6.07 Å². The van der Waals surface area contributed by atoms with Gasteiger partial charge in [0.05, 0.1) is 17.1 Å². The first kappa shape index (κ1) is 13.7. The SMILES string of the molecule is O=C(O)C1CSCN1C(=O)Nc1cccc2ncccc12. The highest BCUT2D eigenvalue weighted by molar-refractivity contribution is 7.99. The Hall–Kier alpha value is -2.28. The fraction of sp³-hybridized carbons (Fsp3) is 0.214. The Morgan fingerprint density at radius 2 is 2.19 bits per heavy atom. The zero-order chi connectivity index (χ0) is 14.8. The molecule has 1 unspecified atom stereocenters. The number of carboxylic acid groups (broad SMARTS) is 1. The Morgan fingerprint density at radius 3 is 3.00 bits per heavy atom. The van der Waals surface area contributed by atoms with Crippen LogP contribution in [0.15, 0.2) is 36.5 Å². The zero-order valence-corrected chi connectivity index (χ0v) is 11.8. The first-order valence-electron chi connectivity index (χ1n) is 6.39. The van der Waals surface area contributed by atoms with Gasteiger partial charge in [-0.05, 0) is 24.3 Å². The van der Waals surface area contributed by atoms with Crippen LogP contribution in [0.25, 0.3) is 10.9 Å². The molecule has 1 aliphatic heterocycles. The van der Waals surface area contributed by atoms with Crippen LogP contribution in [0.1, 0.15) is 0 Å². The molecule has 1 atom stereocenters. The van der Waals surface area contributed by atoms with Gasteiger partial charge in [0, 0.05) is 17.3 Å². The summed E-state index contributed by atoms with van der Waals surface area (Å²) in [5.41, 5.74) is 1.41. The highest BCUT2D eigenvalue weighted by Gasteiger charge is 2.34. The maximum absolute atomic E-state index is 12.3. The van der Waals surface area contributed by atoms with Crippen LogP contribution < -0.4 is 5.32 Å². The van der Waals surface area contributed by atoms with E-state index < -0.39 is 18.0 Å². The minimum atomic E-state index is -0.977. The fourth-order valence-corrected chi connectivity index (χ4v) is 3.39. The molecule has 3 rings (SSSR count). The van der Waals surface area contributed by atoms with E-state index >= 15 is 0 Å². The lowest BCUT2D eigenvalue weighted by Crippen LogP contribution is -2.43. The smallest absolute Gasteiger partial charge is 0.327 e. The number of urea groups is 1. The maximum Gasteiger partial charge on any atom is 0.327 e. The topological polar surface area (TPSA) is 82.5 Å². The average molecular weight is 303 g/mol. The predicted octanol–water partition coefficient (Wildman–Crippen LogP) is 2.23. The lowest BCUT2D eigenvalue weighted by Gasteiger charge is -2.21. The van der Waals surface area contributed by atoms with Crippen molar-refractivity contribution in [1.82, 2.24) is 9.88 Å². The summed E-state index contributed by atoms with van der Waals surface area (Å²) in [4.78, 5) is 29.0. The number of aromatic nitrogens is 1. The number of anilines is 1. The minimum Gasteiger partial charge on any atom is -0.480 e. The van der Waals surface area contributed by atoms with Crippen molar-refractivity contribution in [3.63, 3.8) is 0 Å². The highest BCUT2D eigenvalue weighted by atomic mass is 32.2. The molecule has 21 heavy (non-hydrogen) atoms. The second-order valence-electron chi connectivity index (χ2n) is 4.63. The number of carboxylic acids is 1. The predicted molar refractivity (Wildman–Crippen MR) is 81.3 cm³/mol. The molecule has 0 radical (unpaired) electrons. The quantitative estimate of drug-likeness (QED) is 0.889. The van der Waals surface area contributed by atoms with E-state index in [4.69, 9.17) is 5.11 Å². The molecule has 6 nitrogen and oxygen atoms in total. The lowest BCUT2D eigenvalue weighted by atomic mass is 10.2. The third-order valence-corrected chi connectivity index (χ3v) is 4.33. The number of nitrogens with one attached hydrogen (secondary N) is 1. The van der Waals surface area contributed by atoms with Crippen molar-refractivity contribution in [1.29, 1.82) is 0 Å². The summed E-state index contributed by atoms with van der Waals surface area (Å²) < 4.78 is 0. The van der Waals surface area contributed by atoms with Crippen LogP contribution in [0.5, 0.6) is 0 Å². The van der Waals surface area contributed by atoms with Gasteiger partial charge in [-0.25, -0.2) is 9.59 Å². The standard InChI is InChI=1S/C14H13N3O3S/c18-13(19)12-7-21-8-17(12)14(20)16-11-5-1-4-10-9(11)3-2-6-15-10/h1-6,12H,7-8H2,(H,16,20)(H,18,19). The summed E-state index contributed by atoms with van der Waals surface area (Å²) in [6.07, 6.45) is 1.69. The number of pyridine rings is 1. The van der Waals surface area contributed by atoms with Crippen LogP contribution in [0.4, 0.5) is 10.5 Å². The van der Waals surface area contributed by atoms with Gasteiger partial charge in [-0.3, -0.25) is 4.98 Å². The van der Waals surface area contributed by atoms with E-state index in [0.29, 0.717) is 17.3 Å². The summed E-state index contributed by atoms with van der Waals surface area (Å²) in [7, 11) is 0. The Kier molecular flexibility index (Phi) is 3.66. The molecule has 1 aromatic carbocycles. The number of rotatable bonds is 2. The van der Waals surface area contributed by atoms with Crippen molar-refractivity contribution in [2.75, 3.05) is 16.9 Å². The molecule has 2 heterocycles. The van der Waals surface area contributed by atoms with Crippen LogP contribution in [-0.4, -0.2) is 44.7 Å². The number of hydrogen-bond acceptors (Lipinski definition) is 4. The molecule has 1 aliphatic rings. The van der Waals surface area contributed by atoms with E-state index in [2.05, 4.69) is 10.3 Å². The molecule has 2 aromatic rings. The Bertz CT molecular complexity index is 701. The van der Waals surface area contributed by atoms with Gasteiger partial charge in [-0.15, -0.1) is 11.8 Å². The molecule has 0 spiro atoms. The second-order valence-corrected chi connectivity index (χ2v) is 5.63. The number of fused-ring (bicyclic) bond motifs is 1. The van der Waals surface area contributed by atoms with Gasteiger partial charge >= 0.3 is 12.0 Å². The molecular weight excluding hydrogens is 290 g/mol. The van der Waals surface area contributed by atoms with Gasteiger partial charge in [0.1, 0.15) is 6.04 Å². The normalized spacial score (nSPS) is 17.9. The highest BCUT2D eigenvalue weighted by Crippen LogP contribution is 2.25. The summed E-state index contributed by atoms with van der Waals surface area (Å²) in [6, 6.07) is 7.93. The molecule has 1 fully saturated rings. The van der Waals surface area contributed by atoms with Gasteiger partial charge in [0.15, 0.2) is 0 Å². The molecule has 0 aliphatic carbocycles. The largest absolute Gasteiger partial charge is 0.480 e. The Morgan fingerprint density at radius 1 is 1.33 bits per heavy atom. The number of carbonyl (C=O) groups excluding carboxylic acids is 1. The number of thioether (sulfide) groups is 1. The molecular formula is C14H13N3O3S. The zero-order valence-electron chi connectivity index (χ0n) is 11.0. The Labute approximate surface area is 125 Å². The number of amides is 2. The summed E-state index contributed by atoms with van der Waals surface area (Å²) >= 11 is 1.43. The van der Waals surface area contributed by atoms with E-state index in [1.54, 1.807) is 24.4 Å². The van der Waals surface area contributed by atoms with Crippen molar-refractivity contribution in [2.45, 2.75) is 6.04 Å². The van der Waals surface area contributed by atoms with E-state index in [1.165, 1.54) is 16.7 Å². The summed E-state index contributed by atoms with van der Waals surface area (Å²) in [6.45, 7) is 0.